The Balaban J connectivity index is 0.00000338. The minimum absolute atomic E-state index is 0. The minimum Gasteiger partial charge on any atom is -0.492 e. The van der Waals surface area contributed by atoms with Crippen molar-refractivity contribution in [3.05, 3.63) is 30.3 Å². The first kappa shape index (κ1) is 23.0. The molecule has 0 atom stereocenters. The Hall–Kier alpha value is -1.07. The van der Waals surface area contributed by atoms with Crippen LogP contribution in [0.5, 0.6) is 5.75 Å². The van der Waals surface area contributed by atoms with Gasteiger partial charge in [0.25, 0.3) is 0 Å². The van der Waals surface area contributed by atoms with Crippen LogP contribution in [0.25, 0.3) is 0 Å². The summed E-state index contributed by atoms with van der Waals surface area (Å²) in [5, 5.41) is 6.10. The van der Waals surface area contributed by atoms with E-state index in [4.69, 9.17) is 4.74 Å². The third-order valence-corrected chi connectivity index (χ3v) is 5.46. The maximum absolute atomic E-state index is 11.9. The molecular weight excluding hydrogens is 467 g/mol. The van der Waals surface area contributed by atoms with Gasteiger partial charge in [0.15, 0.2) is 5.96 Å². The molecule has 0 saturated heterocycles. The monoisotopic (exact) mass is 496 g/mol. The van der Waals surface area contributed by atoms with Crippen LogP contribution in [0.1, 0.15) is 19.3 Å². The molecule has 0 unspecified atom stereocenters. The highest BCUT2D eigenvalue weighted by Gasteiger charge is 2.19. The molecule has 0 aliphatic heterocycles. The number of para-hydroxylation sites is 1. The third kappa shape index (κ3) is 9.04. The zero-order valence-electron chi connectivity index (χ0n) is 15.1. The molecule has 9 heteroatoms. The van der Waals surface area contributed by atoms with Crippen LogP contribution in [0.4, 0.5) is 0 Å². The minimum atomic E-state index is -3.24. The summed E-state index contributed by atoms with van der Waals surface area (Å²) < 4.78 is 32.1. The molecule has 1 aromatic rings. The van der Waals surface area contributed by atoms with Gasteiger partial charge in [-0.15, -0.1) is 24.0 Å². The molecule has 0 heterocycles. The summed E-state index contributed by atoms with van der Waals surface area (Å²) in [6.45, 7) is 1.93. The van der Waals surface area contributed by atoms with E-state index in [0.717, 1.165) is 18.6 Å². The largest absolute Gasteiger partial charge is 0.492 e. The van der Waals surface area contributed by atoms with Crippen LogP contribution in [0.15, 0.2) is 35.3 Å². The second kappa shape index (κ2) is 12.3. The summed E-state index contributed by atoms with van der Waals surface area (Å²) >= 11 is 0. The predicted octanol–water partition coefficient (Wildman–Crippen LogP) is 1.57. The molecule has 1 fully saturated rings. The number of hydrogen-bond acceptors (Lipinski definition) is 4. The van der Waals surface area contributed by atoms with Crippen molar-refractivity contribution in [1.82, 2.24) is 15.4 Å². The van der Waals surface area contributed by atoms with E-state index in [1.165, 1.54) is 6.42 Å². The molecule has 2 rings (SSSR count). The van der Waals surface area contributed by atoms with Crippen molar-refractivity contribution in [2.45, 2.75) is 19.3 Å². The lowest BCUT2D eigenvalue weighted by atomic mass is 9.86. The van der Waals surface area contributed by atoms with E-state index in [-0.39, 0.29) is 29.7 Å². The van der Waals surface area contributed by atoms with Crippen LogP contribution in [-0.2, 0) is 10.0 Å². The van der Waals surface area contributed by atoms with Gasteiger partial charge in [-0.2, -0.15) is 0 Å². The number of nitrogens with zero attached hydrogens (tertiary/aromatic N) is 1. The van der Waals surface area contributed by atoms with Gasteiger partial charge in [-0.25, -0.2) is 13.1 Å². The Labute approximate surface area is 173 Å². The van der Waals surface area contributed by atoms with Crippen molar-refractivity contribution in [1.29, 1.82) is 0 Å². The maximum atomic E-state index is 11.9. The second-order valence-electron chi connectivity index (χ2n) is 6.05. The quantitative estimate of drug-likeness (QED) is 0.198. The van der Waals surface area contributed by atoms with Gasteiger partial charge in [-0.3, -0.25) is 4.99 Å². The topological polar surface area (TPSA) is 91.8 Å². The molecule has 1 aliphatic carbocycles. The lowest BCUT2D eigenvalue weighted by molar-refractivity contribution is 0.316. The van der Waals surface area contributed by atoms with Crippen LogP contribution in [0.2, 0.25) is 0 Å². The van der Waals surface area contributed by atoms with E-state index in [9.17, 15) is 8.42 Å². The average Bonchev–Trinajstić information content (AvgIpc) is 2.56. The van der Waals surface area contributed by atoms with Crippen molar-refractivity contribution in [3.63, 3.8) is 0 Å². The molecule has 0 bridgehead atoms. The second-order valence-corrected chi connectivity index (χ2v) is 7.98. The van der Waals surface area contributed by atoms with E-state index in [0.29, 0.717) is 38.1 Å². The van der Waals surface area contributed by atoms with Crippen LogP contribution < -0.4 is 20.1 Å². The fraction of sp³-hybridized carbons (Fsp3) is 0.588. The molecule has 26 heavy (non-hydrogen) atoms. The molecule has 0 amide bonds. The highest BCUT2D eigenvalue weighted by molar-refractivity contribution is 14.0. The Morgan fingerprint density at radius 3 is 2.50 bits per heavy atom. The van der Waals surface area contributed by atoms with Gasteiger partial charge in [-0.05, 0) is 30.9 Å². The molecule has 1 saturated carbocycles. The molecular formula is C17H29IN4O3S. The summed E-state index contributed by atoms with van der Waals surface area (Å²) in [6.07, 6.45) is 3.47. The van der Waals surface area contributed by atoms with Crippen molar-refractivity contribution < 1.29 is 13.2 Å². The summed E-state index contributed by atoms with van der Waals surface area (Å²) in [7, 11) is -1.59. The van der Waals surface area contributed by atoms with Crippen LogP contribution in [0.3, 0.4) is 0 Å². The summed E-state index contributed by atoms with van der Waals surface area (Å²) in [5.74, 6) is 1.92. The Morgan fingerprint density at radius 1 is 1.19 bits per heavy atom. The molecule has 1 aromatic carbocycles. The number of hydrogen-bond donors (Lipinski definition) is 3. The van der Waals surface area contributed by atoms with E-state index < -0.39 is 10.0 Å². The standard InChI is InChI=1S/C17H28N4O3S.HI/c1-18-17(19-10-12-24-16-8-3-2-4-9-16)20-11-13-25(22,23)21-14-15-6-5-7-15;/h2-4,8-9,15,21H,5-7,10-14H2,1H3,(H2,18,19,20);1H. The highest BCUT2D eigenvalue weighted by atomic mass is 127. The first-order chi connectivity index (χ1) is 12.1. The molecule has 0 radical (unpaired) electrons. The number of aliphatic imine (C=N–C) groups is 1. The molecule has 3 N–H and O–H groups in total. The van der Waals surface area contributed by atoms with E-state index in [2.05, 4.69) is 20.3 Å². The van der Waals surface area contributed by atoms with Crippen molar-refractivity contribution >= 4 is 40.0 Å². The van der Waals surface area contributed by atoms with Crippen LogP contribution in [-0.4, -0.2) is 53.4 Å². The Bertz CT molecular complexity index is 637. The number of rotatable bonds is 10. The lowest BCUT2D eigenvalue weighted by Gasteiger charge is -2.25. The van der Waals surface area contributed by atoms with Gasteiger partial charge >= 0.3 is 0 Å². The van der Waals surface area contributed by atoms with Gasteiger partial charge in [0.1, 0.15) is 12.4 Å². The van der Waals surface area contributed by atoms with Gasteiger partial charge in [-0.1, -0.05) is 24.6 Å². The number of ether oxygens (including phenoxy) is 1. The SMILES string of the molecule is CN=C(NCCOc1ccccc1)NCCS(=O)(=O)NCC1CCC1.I. The summed E-state index contributed by atoms with van der Waals surface area (Å²) in [4.78, 5) is 4.07. The number of sulfonamides is 1. The van der Waals surface area contributed by atoms with Gasteiger partial charge in [0.05, 0.1) is 12.3 Å². The van der Waals surface area contributed by atoms with Gasteiger partial charge < -0.3 is 15.4 Å². The van der Waals surface area contributed by atoms with Gasteiger partial charge in [0.2, 0.25) is 10.0 Å². The summed E-state index contributed by atoms with van der Waals surface area (Å²) in [5.41, 5.74) is 0. The van der Waals surface area contributed by atoms with Crippen molar-refractivity contribution in [2.75, 3.05) is 39.0 Å². The van der Waals surface area contributed by atoms with E-state index in [1.807, 2.05) is 30.3 Å². The first-order valence-electron chi connectivity index (χ1n) is 8.69. The zero-order valence-corrected chi connectivity index (χ0v) is 18.3. The van der Waals surface area contributed by atoms with E-state index in [1.54, 1.807) is 7.05 Å². The normalized spacial score (nSPS) is 14.9. The number of benzene rings is 1. The average molecular weight is 496 g/mol. The van der Waals surface area contributed by atoms with Crippen molar-refractivity contribution in [2.24, 2.45) is 10.9 Å². The highest BCUT2D eigenvalue weighted by Crippen LogP contribution is 2.25. The fourth-order valence-corrected chi connectivity index (χ4v) is 3.40. The lowest BCUT2D eigenvalue weighted by Crippen LogP contribution is -2.43. The Morgan fingerprint density at radius 2 is 1.88 bits per heavy atom. The predicted molar refractivity (Wildman–Crippen MR) is 116 cm³/mol. The molecule has 148 valence electrons. The zero-order chi connectivity index (χ0) is 18.0. The van der Waals surface area contributed by atoms with E-state index >= 15 is 0 Å². The molecule has 0 spiro atoms. The summed E-state index contributed by atoms with van der Waals surface area (Å²) in [6, 6.07) is 9.57. The number of halogens is 1. The van der Waals surface area contributed by atoms with Crippen LogP contribution in [0, 0.1) is 5.92 Å². The molecule has 1 aliphatic rings. The third-order valence-electron chi connectivity index (χ3n) is 4.11. The number of nitrogens with one attached hydrogen (secondary N) is 3. The maximum Gasteiger partial charge on any atom is 0.213 e. The smallest absolute Gasteiger partial charge is 0.213 e. The first-order valence-corrected chi connectivity index (χ1v) is 10.3. The molecule has 0 aromatic heterocycles. The van der Waals surface area contributed by atoms with Crippen LogP contribution >= 0.6 is 24.0 Å². The van der Waals surface area contributed by atoms with Crippen molar-refractivity contribution in [3.8, 4) is 5.75 Å². The Kier molecular flexibility index (Phi) is 10.9. The van der Waals surface area contributed by atoms with Gasteiger partial charge in [0, 0.05) is 20.1 Å². The molecule has 7 nitrogen and oxygen atoms in total. The fourth-order valence-electron chi connectivity index (χ4n) is 2.39. The number of guanidine groups is 1.